The van der Waals surface area contributed by atoms with E-state index in [0.717, 1.165) is 0 Å². The van der Waals surface area contributed by atoms with E-state index in [0.29, 0.717) is 34.1 Å². The van der Waals surface area contributed by atoms with Crippen molar-refractivity contribution in [1.29, 1.82) is 0 Å². The highest BCUT2D eigenvalue weighted by molar-refractivity contribution is 5.99. The number of nitrogen functional groups attached to an aromatic ring is 1. The van der Waals surface area contributed by atoms with Gasteiger partial charge in [0.05, 0.1) is 20.4 Å². The van der Waals surface area contributed by atoms with Gasteiger partial charge in [-0.1, -0.05) is 11.3 Å². The molecule has 5 rings (SSSR count). The van der Waals surface area contributed by atoms with E-state index in [4.69, 9.17) is 24.7 Å². The number of ether oxygens (including phenoxy) is 4. The average molecular weight is 478 g/mol. The van der Waals surface area contributed by atoms with Gasteiger partial charge in [-0.25, -0.2) is 10.1 Å². The van der Waals surface area contributed by atoms with Crippen molar-refractivity contribution in [2.75, 3.05) is 26.7 Å². The first-order chi connectivity index (χ1) is 17.1. The molecule has 0 aliphatic carbocycles. The van der Waals surface area contributed by atoms with Gasteiger partial charge in [-0.15, -0.1) is 5.10 Å². The topological polar surface area (TPSA) is 174 Å². The van der Waals surface area contributed by atoms with Crippen molar-refractivity contribution in [2.45, 2.75) is 0 Å². The molecule has 0 unspecified atom stereocenters. The van der Waals surface area contributed by atoms with Crippen molar-refractivity contribution in [3.8, 4) is 40.1 Å². The monoisotopic (exact) mass is 478 g/mol. The molecule has 0 saturated heterocycles. The second-order valence-electron chi connectivity index (χ2n) is 7.02. The minimum Gasteiger partial charge on any atom is -0.493 e. The number of amides is 1. The first kappa shape index (κ1) is 21.7. The Morgan fingerprint density at radius 1 is 1.17 bits per heavy atom. The van der Waals surface area contributed by atoms with Crippen LogP contribution in [0.5, 0.6) is 23.0 Å². The largest absolute Gasteiger partial charge is 0.493 e. The van der Waals surface area contributed by atoms with Gasteiger partial charge in [0, 0.05) is 11.1 Å². The summed E-state index contributed by atoms with van der Waals surface area (Å²) in [6.07, 6.45) is 1.42. The molecule has 35 heavy (non-hydrogen) atoms. The van der Waals surface area contributed by atoms with Gasteiger partial charge in [0.25, 0.3) is 5.91 Å². The lowest BCUT2D eigenvalue weighted by Gasteiger charge is -2.09. The molecule has 2 aromatic heterocycles. The second kappa shape index (κ2) is 9.01. The van der Waals surface area contributed by atoms with Crippen LogP contribution in [0.4, 0.5) is 5.82 Å². The van der Waals surface area contributed by atoms with Crippen LogP contribution in [0.2, 0.25) is 0 Å². The number of para-hydroxylation sites is 1. The third-order valence-corrected chi connectivity index (χ3v) is 5.03. The predicted molar refractivity (Wildman–Crippen MR) is 120 cm³/mol. The van der Waals surface area contributed by atoms with Gasteiger partial charge >= 0.3 is 0 Å². The number of benzene rings is 2. The Bertz CT molecular complexity index is 1430. The number of anilines is 1. The maximum absolute atomic E-state index is 13.1. The number of nitrogens with two attached hydrogens (primary N) is 1. The molecule has 0 atom stereocenters. The standard InChI is InChI=1S/C21H18N8O6/c1-31-14-5-3-4-12(18(14)32-2)9-23-25-21(30)16-17(11-6-7-13-15(8-11)34-10-33-13)29(28-24-16)20-19(22)26-35-27-20/h3-9H,10H2,1-2H3,(H2,22,26)(H,25,30). The fourth-order valence-electron chi connectivity index (χ4n) is 3.45. The summed E-state index contributed by atoms with van der Waals surface area (Å²) >= 11 is 0. The molecule has 0 bridgehead atoms. The summed E-state index contributed by atoms with van der Waals surface area (Å²) in [4.78, 5) is 13.1. The summed E-state index contributed by atoms with van der Waals surface area (Å²) in [5.74, 6) is 1.44. The molecule has 14 nitrogen and oxygen atoms in total. The molecule has 4 aromatic rings. The number of methoxy groups -OCH3 is 2. The van der Waals surface area contributed by atoms with Gasteiger partial charge in [-0.05, 0) is 40.6 Å². The number of rotatable bonds is 7. The fourth-order valence-corrected chi connectivity index (χ4v) is 3.45. The van der Waals surface area contributed by atoms with E-state index in [9.17, 15) is 4.79 Å². The third kappa shape index (κ3) is 3.92. The second-order valence-corrected chi connectivity index (χ2v) is 7.02. The molecule has 1 aliphatic rings. The number of hydrogen-bond acceptors (Lipinski definition) is 12. The maximum Gasteiger partial charge on any atom is 0.294 e. The van der Waals surface area contributed by atoms with Crippen LogP contribution < -0.4 is 30.1 Å². The van der Waals surface area contributed by atoms with Gasteiger partial charge in [-0.2, -0.15) is 9.78 Å². The summed E-state index contributed by atoms with van der Waals surface area (Å²) in [5, 5.41) is 19.4. The Hall–Kier alpha value is -5.14. The molecule has 1 amide bonds. The van der Waals surface area contributed by atoms with Crippen LogP contribution in [0.25, 0.3) is 17.1 Å². The summed E-state index contributed by atoms with van der Waals surface area (Å²) in [7, 11) is 3.03. The van der Waals surface area contributed by atoms with E-state index in [-0.39, 0.29) is 29.8 Å². The highest BCUT2D eigenvalue weighted by Gasteiger charge is 2.26. The Morgan fingerprint density at radius 2 is 2.03 bits per heavy atom. The average Bonchev–Trinajstić information content (AvgIpc) is 3.62. The number of nitrogens with one attached hydrogen (secondary N) is 1. The quantitative estimate of drug-likeness (QED) is 0.290. The number of carbonyl (C=O) groups excluding carboxylic acids is 1. The van der Waals surface area contributed by atoms with E-state index < -0.39 is 5.91 Å². The molecule has 3 heterocycles. The first-order valence-electron chi connectivity index (χ1n) is 10.1. The van der Waals surface area contributed by atoms with Gasteiger partial charge in [0.15, 0.2) is 28.7 Å². The molecule has 1 aliphatic heterocycles. The zero-order valence-corrected chi connectivity index (χ0v) is 18.5. The zero-order valence-electron chi connectivity index (χ0n) is 18.5. The minimum absolute atomic E-state index is 0.0352. The Labute approximate surface area is 197 Å². The molecular formula is C21H18N8O6. The molecule has 0 saturated carbocycles. The smallest absolute Gasteiger partial charge is 0.294 e. The normalized spacial score (nSPS) is 12.2. The van der Waals surface area contributed by atoms with Crippen LogP contribution in [0, 0.1) is 0 Å². The van der Waals surface area contributed by atoms with Crippen LogP contribution in [0.3, 0.4) is 0 Å². The minimum atomic E-state index is -0.642. The maximum atomic E-state index is 13.1. The molecule has 3 N–H and O–H groups in total. The number of nitrogens with zero attached hydrogens (tertiary/aromatic N) is 6. The number of carbonyl (C=O) groups is 1. The third-order valence-electron chi connectivity index (χ3n) is 5.03. The Morgan fingerprint density at radius 3 is 2.80 bits per heavy atom. The molecule has 0 spiro atoms. The summed E-state index contributed by atoms with van der Waals surface area (Å²) in [6, 6.07) is 10.4. The molecule has 14 heteroatoms. The summed E-state index contributed by atoms with van der Waals surface area (Å²) < 4.78 is 27.4. The molecule has 178 valence electrons. The highest BCUT2D eigenvalue weighted by atomic mass is 16.7. The molecule has 0 radical (unpaired) electrons. The van der Waals surface area contributed by atoms with E-state index in [1.54, 1.807) is 36.4 Å². The van der Waals surface area contributed by atoms with Crippen molar-refractivity contribution < 1.29 is 28.4 Å². The van der Waals surface area contributed by atoms with Crippen molar-refractivity contribution >= 4 is 17.9 Å². The van der Waals surface area contributed by atoms with Crippen LogP contribution in [0.1, 0.15) is 16.1 Å². The van der Waals surface area contributed by atoms with Crippen LogP contribution in [0.15, 0.2) is 46.1 Å². The number of aromatic nitrogens is 5. The van der Waals surface area contributed by atoms with E-state index in [2.05, 4.69) is 35.8 Å². The Kier molecular flexibility index (Phi) is 5.58. The number of hydrogen-bond donors (Lipinski definition) is 2. The molecule has 2 aromatic carbocycles. The van der Waals surface area contributed by atoms with Crippen LogP contribution in [-0.2, 0) is 0 Å². The van der Waals surface area contributed by atoms with Gasteiger partial charge in [0.2, 0.25) is 18.4 Å². The van der Waals surface area contributed by atoms with Crippen molar-refractivity contribution in [2.24, 2.45) is 5.10 Å². The lowest BCUT2D eigenvalue weighted by Crippen LogP contribution is -2.19. The van der Waals surface area contributed by atoms with Gasteiger partial charge in [0.1, 0.15) is 5.69 Å². The van der Waals surface area contributed by atoms with Crippen LogP contribution in [-0.4, -0.2) is 58.4 Å². The van der Waals surface area contributed by atoms with Crippen LogP contribution >= 0.6 is 0 Å². The van der Waals surface area contributed by atoms with E-state index in [1.807, 2.05) is 0 Å². The van der Waals surface area contributed by atoms with Crippen molar-refractivity contribution in [3.63, 3.8) is 0 Å². The van der Waals surface area contributed by atoms with Crippen molar-refractivity contribution in [1.82, 2.24) is 30.7 Å². The molecule has 0 fully saturated rings. The van der Waals surface area contributed by atoms with Gasteiger partial charge < -0.3 is 24.7 Å². The fraction of sp³-hybridized carbons (Fsp3) is 0.143. The molecular weight excluding hydrogens is 460 g/mol. The van der Waals surface area contributed by atoms with E-state index in [1.165, 1.54) is 25.1 Å². The van der Waals surface area contributed by atoms with E-state index >= 15 is 0 Å². The SMILES string of the molecule is COc1cccc(C=NNC(=O)c2nnn(-c3nonc3N)c2-c2ccc3c(c2)OCO3)c1OC. The zero-order chi connectivity index (χ0) is 24.4. The number of fused-ring (bicyclic) bond motifs is 1. The Balaban J connectivity index is 1.49. The van der Waals surface area contributed by atoms with Crippen molar-refractivity contribution in [3.05, 3.63) is 47.7 Å². The lowest BCUT2D eigenvalue weighted by atomic mass is 10.1. The lowest BCUT2D eigenvalue weighted by molar-refractivity contribution is 0.0950. The summed E-state index contributed by atoms with van der Waals surface area (Å²) in [6.45, 7) is 0.0895. The summed E-state index contributed by atoms with van der Waals surface area (Å²) in [5.41, 5.74) is 9.62. The highest BCUT2D eigenvalue weighted by Crippen LogP contribution is 2.37. The van der Waals surface area contributed by atoms with Gasteiger partial charge in [-0.3, -0.25) is 4.79 Å². The number of hydrazone groups is 1. The predicted octanol–water partition coefficient (Wildman–Crippen LogP) is 1.41. The first-order valence-corrected chi connectivity index (χ1v) is 10.1.